The molecule has 0 saturated carbocycles. The van der Waals surface area contributed by atoms with Gasteiger partial charge in [0.2, 0.25) is 0 Å². The minimum Gasteiger partial charge on any atom is -0.448 e. The van der Waals surface area contributed by atoms with E-state index < -0.39 is 0 Å². The van der Waals surface area contributed by atoms with Gasteiger partial charge in [0.05, 0.1) is 0 Å². The summed E-state index contributed by atoms with van der Waals surface area (Å²) >= 11 is 0. The van der Waals surface area contributed by atoms with Crippen molar-refractivity contribution in [3.8, 4) is 0 Å². The molecule has 1 aliphatic rings. The summed E-state index contributed by atoms with van der Waals surface area (Å²) in [6.07, 6.45) is 4.78. The van der Waals surface area contributed by atoms with Gasteiger partial charge in [-0.1, -0.05) is 25.2 Å². The zero-order valence-electron chi connectivity index (χ0n) is 13.5. The van der Waals surface area contributed by atoms with E-state index in [1.807, 2.05) is 11.0 Å². The van der Waals surface area contributed by atoms with Crippen molar-refractivity contribution in [1.29, 1.82) is 0 Å². The second kappa shape index (κ2) is 7.40. The van der Waals surface area contributed by atoms with E-state index >= 15 is 0 Å². The van der Waals surface area contributed by atoms with E-state index in [4.69, 9.17) is 4.42 Å². The standard InChI is InChI=1S/C17H25N3O2/c1-5-13(2)10-14(3)11-16-18-15(12-22-16)17(21)20-8-6-19(4)7-9-20/h5,12-13H,1,3,6-11H2,2,4H3/t13-/m1/s1. The first-order chi connectivity index (χ1) is 10.5. The van der Waals surface area contributed by atoms with Crippen LogP contribution in [0.4, 0.5) is 0 Å². The maximum absolute atomic E-state index is 12.4. The Morgan fingerprint density at radius 3 is 2.77 bits per heavy atom. The molecule has 22 heavy (non-hydrogen) atoms. The Labute approximate surface area is 132 Å². The number of piperazine rings is 1. The summed E-state index contributed by atoms with van der Waals surface area (Å²) in [4.78, 5) is 20.7. The Hall–Kier alpha value is -1.88. The Balaban J connectivity index is 1.92. The normalized spacial score (nSPS) is 17.3. The smallest absolute Gasteiger partial charge is 0.275 e. The SMILES string of the molecule is C=C[C@@H](C)CC(=C)Cc1nc(C(=O)N2CCN(C)CC2)co1. The molecular formula is C17H25N3O2. The Bertz CT molecular complexity index is 542. The largest absolute Gasteiger partial charge is 0.448 e. The van der Waals surface area contributed by atoms with Crippen LogP contribution in [0.15, 0.2) is 35.5 Å². The van der Waals surface area contributed by atoms with Crippen LogP contribution in [0.1, 0.15) is 29.7 Å². The molecule has 5 heteroatoms. The van der Waals surface area contributed by atoms with Gasteiger partial charge in [-0.15, -0.1) is 6.58 Å². The molecule has 1 amide bonds. The van der Waals surface area contributed by atoms with Crippen LogP contribution in [0.5, 0.6) is 0 Å². The molecular weight excluding hydrogens is 278 g/mol. The molecule has 0 N–H and O–H groups in total. The summed E-state index contributed by atoms with van der Waals surface area (Å²) in [5.74, 6) is 0.890. The molecule has 1 atom stereocenters. The first-order valence-corrected chi connectivity index (χ1v) is 7.71. The van der Waals surface area contributed by atoms with Crippen molar-refractivity contribution in [1.82, 2.24) is 14.8 Å². The van der Waals surface area contributed by atoms with Gasteiger partial charge in [0.15, 0.2) is 11.6 Å². The average Bonchev–Trinajstić information content (AvgIpc) is 2.95. The molecule has 1 aromatic heterocycles. The number of oxazole rings is 1. The van der Waals surface area contributed by atoms with Crippen molar-refractivity contribution >= 4 is 5.91 Å². The van der Waals surface area contributed by atoms with Crippen LogP contribution < -0.4 is 0 Å². The molecule has 0 unspecified atom stereocenters. The number of amides is 1. The molecule has 1 aromatic rings. The fourth-order valence-electron chi connectivity index (χ4n) is 2.49. The zero-order valence-corrected chi connectivity index (χ0v) is 13.5. The van der Waals surface area contributed by atoms with E-state index in [9.17, 15) is 4.79 Å². The van der Waals surface area contributed by atoms with Crippen LogP contribution in [0.25, 0.3) is 0 Å². The number of hydrogen-bond donors (Lipinski definition) is 0. The summed E-state index contributed by atoms with van der Waals surface area (Å²) in [7, 11) is 2.06. The van der Waals surface area contributed by atoms with E-state index in [2.05, 4.69) is 37.0 Å². The fraction of sp³-hybridized carbons (Fsp3) is 0.529. The van der Waals surface area contributed by atoms with Crippen LogP contribution in [0.3, 0.4) is 0 Å². The molecule has 0 spiro atoms. The second-order valence-corrected chi connectivity index (χ2v) is 6.07. The van der Waals surface area contributed by atoms with Crippen LogP contribution >= 0.6 is 0 Å². The van der Waals surface area contributed by atoms with Gasteiger partial charge in [0.1, 0.15) is 6.26 Å². The summed E-state index contributed by atoms with van der Waals surface area (Å²) < 4.78 is 5.43. The molecule has 2 rings (SSSR count). The third kappa shape index (κ3) is 4.31. The lowest BCUT2D eigenvalue weighted by molar-refractivity contribution is 0.0658. The van der Waals surface area contributed by atoms with Crippen molar-refractivity contribution in [3.05, 3.63) is 42.7 Å². The molecule has 1 fully saturated rings. The quantitative estimate of drug-likeness (QED) is 0.757. The summed E-state index contributed by atoms with van der Waals surface area (Å²) in [6.45, 7) is 13.2. The minimum absolute atomic E-state index is 0.0480. The lowest BCUT2D eigenvalue weighted by Crippen LogP contribution is -2.47. The van der Waals surface area contributed by atoms with Gasteiger partial charge in [-0.25, -0.2) is 4.98 Å². The van der Waals surface area contributed by atoms with Crippen LogP contribution in [-0.4, -0.2) is 53.9 Å². The topological polar surface area (TPSA) is 49.6 Å². The second-order valence-electron chi connectivity index (χ2n) is 6.07. The number of carbonyl (C=O) groups excluding carboxylic acids is 1. The highest BCUT2D eigenvalue weighted by molar-refractivity contribution is 5.92. The van der Waals surface area contributed by atoms with Gasteiger partial charge in [-0.3, -0.25) is 4.79 Å². The predicted molar refractivity (Wildman–Crippen MR) is 86.7 cm³/mol. The van der Waals surface area contributed by atoms with Gasteiger partial charge in [0.25, 0.3) is 5.91 Å². The van der Waals surface area contributed by atoms with Crippen molar-refractivity contribution in [2.45, 2.75) is 19.8 Å². The van der Waals surface area contributed by atoms with Crippen LogP contribution in [-0.2, 0) is 6.42 Å². The van der Waals surface area contributed by atoms with E-state index in [0.29, 0.717) is 23.9 Å². The van der Waals surface area contributed by atoms with Crippen molar-refractivity contribution in [2.24, 2.45) is 5.92 Å². The van der Waals surface area contributed by atoms with Gasteiger partial charge < -0.3 is 14.2 Å². The third-order valence-corrected chi connectivity index (χ3v) is 3.98. The molecule has 0 bridgehead atoms. The van der Waals surface area contributed by atoms with E-state index in [1.165, 1.54) is 6.26 Å². The van der Waals surface area contributed by atoms with Gasteiger partial charge in [-0.2, -0.15) is 0 Å². The maximum atomic E-state index is 12.4. The number of nitrogens with zero attached hydrogens (tertiary/aromatic N) is 3. The van der Waals surface area contributed by atoms with Crippen LogP contribution in [0.2, 0.25) is 0 Å². The summed E-state index contributed by atoms with van der Waals surface area (Å²) in [6, 6.07) is 0. The van der Waals surface area contributed by atoms with Gasteiger partial charge in [-0.05, 0) is 19.4 Å². The molecule has 0 radical (unpaired) electrons. The highest BCUT2D eigenvalue weighted by Crippen LogP contribution is 2.16. The number of allylic oxidation sites excluding steroid dienone is 2. The maximum Gasteiger partial charge on any atom is 0.275 e. The van der Waals surface area contributed by atoms with Gasteiger partial charge in [0, 0.05) is 32.6 Å². The Kier molecular flexibility index (Phi) is 5.55. The van der Waals surface area contributed by atoms with Crippen LogP contribution in [0, 0.1) is 5.92 Å². The molecule has 1 saturated heterocycles. The predicted octanol–water partition coefficient (Wildman–Crippen LogP) is 2.37. The summed E-state index contributed by atoms with van der Waals surface area (Å²) in [5.41, 5.74) is 1.43. The Morgan fingerprint density at radius 2 is 2.14 bits per heavy atom. The van der Waals surface area contributed by atoms with E-state index in [1.54, 1.807) is 0 Å². The average molecular weight is 303 g/mol. The monoisotopic (exact) mass is 303 g/mol. The van der Waals surface area contributed by atoms with Crippen molar-refractivity contribution < 1.29 is 9.21 Å². The first kappa shape index (κ1) is 16.5. The van der Waals surface area contributed by atoms with Gasteiger partial charge >= 0.3 is 0 Å². The van der Waals surface area contributed by atoms with E-state index in [-0.39, 0.29) is 5.91 Å². The summed E-state index contributed by atoms with van der Waals surface area (Å²) in [5, 5.41) is 0. The Morgan fingerprint density at radius 1 is 1.45 bits per heavy atom. The van der Waals surface area contributed by atoms with E-state index in [0.717, 1.165) is 38.2 Å². The lowest BCUT2D eigenvalue weighted by atomic mass is 10.0. The number of likely N-dealkylation sites (N-methyl/N-ethyl adjacent to an activating group) is 1. The molecule has 1 aliphatic heterocycles. The third-order valence-electron chi connectivity index (χ3n) is 3.98. The van der Waals surface area contributed by atoms with Crippen molar-refractivity contribution in [3.63, 3.8) is 0 Å². The fourth-order valence-corrected chi connectivity index (χ4v) is 2.49. The first-order valence-electron chi connectivity index (χ1n) is 7.71. The molecule has 0 aromatic carbocycles. The highest BCUT2D eigenvalue weighted by Gasteiger charge is 2.23. The molecule has 0 aliphatic carbocycles. The molecule has 2 heterocycles. The zero-order chi connectivity index (χ0) is 16.1. The molecule has 5 nitrogen and oxygen atoms in total. The number of hydrogen-bond acceptors (Lipinski definition) is 4. The highest BCUT2D eigenvalue weighted by atomic mass is 16.3. The van der Waals surface area contributed by atoms with Crippen molar-refractivity contribution in [2.75, 3.05) is 33.2 Å². The number of aromatic nitrogens is 1. The number of rotatable bonds is 6. The molecule has 120 valence electrons. The minimum atomic E-state index is -0.0480. The number of carbonyl (C=O) groups is 1. The lowest BCUT2D eigenvalue weighted by Gasteiger charge is -2.31.